The zero-order valence-corrected chi connectivity index (χ0v) is 16.7. The van der Waals surface area contributed by atoms with E-state index in [9.17, 15) is 33.4 Å². The van der Waals surface area contributed by atoms with Crippen LogP contribution in [-0.2, 0) is 6.18 Å². The van der Waals surface area contributed by atoms with Gasteiger partial charge in [0.2, 0.25) is 0 Å². The molecule has 162 valence electrons. The van der Waals surface area contributed by atoms with Crippen LogP contribution < -0.4 is 0 Å². The zero-order valence-electron chi connectivity index (χ0n) is 16.7. The fourth-order valence-electron chi connectivity index (χ4n) is 3.77. The smallest absolute Gasteiger partial charge is 0.258 e. The molecule has 0 atom stereocenters. The van der Waals surface area contributed by atoms with Gasteiger partial charge in [-0.2, -0.15) is 13.2 Å². The van der Waals surface area contributed by atoms with Gasteiger partial charge in [-0.3, -0.25) is 20.2 Å². The Morgan fingerprint density at radius 2 is 1.34 bits per heavy atom. The number of benzene rings is 3. The minimum Gasteiger partial charge on any atom is -0.258 e. The maximum atomic E-state index is 13.6. The summed E-state index contributed by atoms with van der Waals surface area (Å²) in [6.07, 6.45) is -4.96. The lowest BCUT2D eigenvalue weighted by atomic mass is 9.99. The van der Waals surface area contributed by atoms with E-state index in [0.29, 0.717) is 11.3 Å². The predicted molar refractivity (Wildman–Crippen MR) is 111 cm³/mol. The molecule has 7 nitrogen and oxygen atoms in total. The number of para-hydroxylation sites is 1. The van der Waals surface area contributed by atoms with Crippen molar-refractivity contribution in [3.8, 4) is 11.1 Å². The Kier molecular flexibility index (Phi) is 4.80. The Labute approximate surface area is 179 Å². The van der Waals surface area contributed by atoms with Crippen LogP contribution in [-0.4, -0.2) is 15.6 Å². The molecule has 0 bridgehead atoms. The molecule has 4 rings (SSSR count). The molecule has 0 radical (unpaired) electrons. The highest BCUT2D eigenvalue weighted by Crippen LogP contribution is 2.46. The largest absolute Gasteiger partial charge is 0.423 e. The minimum atomic E-state index is -4.96. The average molecular weight is 441 g/mol. The first-order chi connectivity index (χ1) is 15.0. The van der Waals surface area contributed by atoms with Gasteiger partial charge in [-0.05, 0) is 48.7 Å². The molecular formula is C22H14F3N3O4. The third kappa shape index (κ3) is 3.39. The summed E-state index contributed by atoms with van der Waals surface area (Å²) >= 11 is 0. The molecule has 0 spiro atoms. The second kappa shape index (κ2) is 7.26. The van der Waals surface area contributed by atoms with Crippen LogP contribution in [0.25, 0.3) is 11.1 Å². The summed E-state index contributed by atoms with van der Waals surface area (Å²) in [6.45, 7) is 3.26. The highest BCUT2D eigenvalue weighted by atomic mass is 19.4. The number of hydrogen-bond acceptors (Lipinski definition) is 5. The van der Waals surface area contributed by atoms with Crippen molar-refractivity contribution in [2.24, 2.45) is 4.99 Å². The molecule has 0 saturated heterocycles. The maximum absolute atomic E-state index is 13.6. The van der Waals surface area contributed by atoms with Crippen LogP contribution in [0.5, 0.6) is 0 Å². The van der Waals surface area contributed by atoms with Crippen molar-refractivity contribution in [2.75, 3.05) is 0 Å². The van der Waals surface area contributed by atoms with Crippen molar-refractivity contribution < 1.29 is 23.0 Å². The van der Waals surface area contributed by atoms with E-state index >= 15 is 0 Å². The number of nitro benzene ring substituents is 2. The van der Waals surface area contributed by atoms with Gasteiger partial charge in [0, 0.05) is 28.8 Å². The standard InChI is InChI=1S/C22H14F3N3O4/c1-11-5-3-4-6-18(11)26-21-15-9-19(27(29)30)12(2)7-13(15)14-8-17(22(23,24)25)20(28(31)32)10-16(14)21/h3-10H,1-2H3. The highest BCUT2D eigenvalue weighted by Gasteiger charge is 2.41. The van der Waals surface area contributed by atoms with Gasteiger partial charge in [-0.1, -0.05) is 18.2 Å². The van der Waals surface area contributed by atoms with Gasteiger partial charge in [0.25, 0.3) is 11.4 Å². The minimum absolute atomic E-state index is 0.0863. The van der Waals surface area contributed by atoms with Crippen LogP contribution in [0.2, 0.25) is 0 Å². The summed E-state index contributed by atoms with van der Waals surface area (Å²) < 4.78 is 40.7. The lowest BCUT2D eigenvalue weighted by molar-refractivity contribution is -0.388. The first-order valence-corrected chi connectivity index (χ1v) is 9.33. The average Bonchev–Trinajstić information content (AvgIpc) is 2.99. The van der Waals surface area contributed by atoms with Crippen LogP contribution >= 0.6 is 0 Å². The molecule has 0 aliphatic heterocycles. The van der Waals surface area contributed by atoms with E-state index in [0.717, 1.165) is 17.7 Å². The Hall–Kier alpha value is -4.08. The number of fused-ring (bicyclic) bond motifs is 3. The van der Waals surface area contributed by atoms with Gasteiger partial charge in [-0.15, -0.1) is 0 Å². The summed E-state index contributed by atoms with van der Waals surface area (Å²) in [5.74, 6) is 0. The van der Waals surface area contributed by atoms with Crippen LogP contribution in [0, 0.1) is 34.1 Å². The SMILES string of the molecule is Cc1ccccc1N=C1c2cc([N+](=O)[O-])c(C)cc2-c2cc(C(F)(F)F)c([N+](=O)[O-])cc21. The molecule has 3 aromatic carbocycles. The van der Waals surface area contributed by atoms with Crippen molar-refractivity contribution in [2.45, 2.75) is 20.0 Å². The summed E-state index contributed by atoms with van der Waals surface area (Å²) in [5, 5.41) is 22.9. The van der Waals surface area contributed by atoms with Gasteiger partial charge in [-0.25, -0.2) is 4.99 Å². The quantitative estimate of drug-likeness (QED) is 0.276. The van der Waals surface area contributed by atoms with E-state index in [-0.39, 0.29) is 33.7 Å². The Balaban J connectivity index is 2.11. The third-order valence-corrected chi connectivity index (χ3v) is 5.32. The van der Waals surface area contributed by atoms with Gasteiger partial charge in [0.05, 0.1) is 21.2 Å². The zero-order chi connectivity index (χ0) is 23.4. The van der Waals surface area contributed by atoms with E-state index in [4.69, 9.17) is 0 Å². The summed E-state index contributed by atoms with van der Waals surface area (Å²) in [5.41, 5.74) is -0.318. The van der Waals surface area contributed by atoms with Crippen molar-refractivity contribution in [3.63, 3.8) is 0 Å². The van der Waals surface area contributed by atoms with Gasteiger partial charge in [0.1, 0.15) is 5.56 Å². The first kappa shape index (κ1) is 21.2. The Morgan fingerprint density at radius 1 is 0.781 bits per heavy atom. The molecule has 0 N–H and O–H groups in total. The number of aliphatic imine (C=N–C) groups is 1. The van der Waals surface area contributed by atoms with E-state index in [2.05, 4.69) is 4.99 Å². The van der Waals surface area contributed by atoms with Crippen LogP contribution in [0.4, 0.5) is 30.2 Å². The molecule has 0 amide bonds. The van der Waals surface area contributed by atoms with E-state index in [1.54, 1.807) is 31.2 Å². The van der Waals surface area contributed by atoms with Crippen LogP contribution in [0.3, 0.4) is 0 Å². The van der Waals surface area contributed by atoms with Crippen molar-refractivity contribution >= 4 is 22.8 Å². The number of rotatable bonds is 3. The van der Waals surface area contributed by atoms with Crippen molar-refractivity contribution in [1.82, 2.24) is 0 Å². The molecule has 3 aromatic rings. The Bertz CT molecular complexity index is 1350. The van der Waals surface area contributed by atoms with E-state index in [1.165, 1.54) is 19.1 Å². The molecule has 10 heteroatoms. The van der Waals surface area contributed by atoms with E-state index < -0.39 is 27.3 Å². The van der Waals surface area contributed by atoms with Crippen LogP contribution in [0.1, 0.15) is 27.8 Å². The van der Waals surface area contributed by atoms with Gasteiger partial charge >= 0.3 is 6.18 Å². The second-order valence-electron chi connectivity index (χ2n) is 7.36. The fraction of sp³-hybridized carbons (Fsp3) is 0.136. The molecule has 0 heterocycles. The summed E-state index contributed by atoms with van der Waals surface area (Å²) in [4.78, 5) is 25.8. The second-order valence-corrected chi connectivity index (χ2v) is 7.36. The number of hydrogen-bond donors (Lipinski definition) is 0. The number of nitrogens with zero attached hydrogens (tertiary/aromatic N) is 3. The predicted octanol–water partition coefficient (Wildman–Crippen LogP) is 6.29. The number of aryl methyl sites for hydroxylation is 2. The first-order valence-electron chi connectivity index (χ1n) is 9.33. The normalized spacial score (nSPS) is 13.7. The summed E-state index contributed by atoms with van der Waals surface area (Å²) in [7, 11) is 0. The van der Waals surface area contributed by atoms with Crippen molar-refractivity contribution in [3.05, 3.63) is 96.6 Å². The Morgan fingerprint density at radius 3 is 1.91 bits per heavy atom. The highest BCUT2D eigenvalue weighted by molar-refractivity contribution is 6.26. The van der Waals surface area contributed by atoms with E-state index in [1.807, 2.05) is 0 Å². The molecule has 1 aliphatic carbocycles. The fourth-order valence-corrected chi connectivity index (χ4v) is 3.77. The number of nitro groups is 2. The lowest BCUT2D eigenvalue weighted by Gasteiger charge is -2.10. The molecule has 0 fully saturated rings. The molecule has 1 aliphatic rings. The molecular weight excluding hydrogens is 427 g/mol. The van der Waals surface area contributed by atoms with Gasteiger partial charge in [0.15, 0.2) is 0 Å². The van der Waals surface area contributed by atoms with Crippen LogP contribution in [0.15, 0.2) is 53.5 Å². The van der Waals surface area contributed by atoms with Crippen molar-refractivity contribution in [1.29, 1.82) is 0 Å². The third-order valence-electron chi connectivity index (χ3n) is 5.32. The van der Waals surface area contributed by atoms with Gasteiger partial charge < -0.3 is 0 Å². The maximum Gasteiger partial charge on any atom is 0.423 e. The molecule has 32 heavy (non-hydrogen) atoms. The molecule has 0 saturated carbocycles. The topological polar surface area (TPSA) is 98.6 Å². The number of alkyl halides is 3. The lowest BCUT2D eigenvalue weighted by Crippen LogP contribution is -2.10. The number of halogens is 3. The summed E-state index contributed by atoms with van der Waals surface area (Å²) in [6, 6.07) is 11.2. The molecule has 0 aromatic heterocycles. The monoisotopic (exact) mass is 441 g/mol. The molecule has 0 unspecified atom stereocenters.